The zero-order valence-corrected chi connectivity index (χ0v) is 12.7. The Kier molecular flexibility index (Phi) is 5.99. The molecule has 0 radical (unpaired) electrons. The van der Waals surface area contributed by atoms with Gasteiger partial charge < -0.3 is 5.32 Å². The second-order valence-electron chi connectivity index (χ2n) is 6.93. The minimum absolute atomic E-state index is 0.517. The Balaban J connectivity index is 2.43. The van der Waals surface area contributed by atoms with E-state index in [0.29, 0.717) is 5.41 Å². The molecule has 0 aromatic heterocycles. The smallest absolute Gasteiger partial charge is 0.00951 e. The van der Waals surface area contributed by atoms with Gasteiger partial charge >= 0.3 is 0 Å². The van der Waals surface area contributed by atoms with E-state index >= 15 is 0 Å². The van der Waals surface area contributed by atoms with Crippen molar-refractivity contribution in [3.63, 3.8) is 0 Å². The Labute approximate surface area is 109 Å². The second-order valence-corrected chi connectivity index (χ2v) is 6.93. The molecular formula is C16H33N. The van der Waals surface area contributed by atoms with Crippen molar-refractivity contribution in [3.05, 3.63) is 0 Å². The molecule has 1 rings (SSSR count). The third kappa shape index (κ3) is 4.62. The first-order valence-corrected chi connectivity index (χ1v) is 7.72. The Hall–Kier alpha value is -0.0400. The molecule has 0 amide bonds. The molecule has 1 nitrogen and oxygen atoms in total. The molecule has 1 aliphatic rings. The minimum atomic E-state index is 0.517. The fourth-order valence-electron chi connectivity index (χ4n) is 3.47. The summed E-state index contributed by atoms with van der Waals surface area (Å²) in [4.78, 5) is 0. The predicted octanol–water partition coefficient (Wildman–Crippen LogP) is 4.62. The lowest BCUT2D eigenvalue weighted by molar-refractivity contribution is 0.130. The molecule has 1 unspecified atom stereocenters. The van der Waals surface area contributed by atoms with Gasteiger partial charge in [0.05, 0.1) is 0 Å². The molecule has 0 spiro atoms. The summed E-state index contributed by atoms with van der Waals surface area (Å²) < 4.78 is 0. The molecule has 1 aliphatic carbocycles. The molecular weight excluding hydrogens is 206 g/mol. The SMILES string of the molecule is CCCC(NCC)C1CCC(C(C)(C)C)CC1. The highest BCUT2D eigenvalue weighted by atomic mass is 14.9. The zero-order valence-electron chi connectivity index (χ0n) is 12.7. The highest BCUT2D eigenvalue weighted by molar-refractivity contribution is 4.85. The van der Waals surface area contributed by atoms with Crippen LogP contribution >= 0.6 is 0 Å². The molecule has 17 heavy (non-hydrogen) atoms. The maximum Gasteiger partial charge on any atom is 0.00951 e. The molecule has 0 bridgehead atoms. The largest absolute Gasteiger partial charge is 0.314 e. The summed E-state index contributed by atoms with van der Waals surface area (Å²) >= 11 is 0. The maximum atomic E-state index is 3.71. The van der Waals surface area contributed by atoms with Crippen molar-refractivity contribution in [1.29, 1.82) is 0 Å². The summed E-state index contributed by atoms with van der Waals surface area (Å²) in [6.07, 6.45) is 8.45. The first-order chi connectivity index (χ1) is 7.99. The normalized spacial score (nSPS) is 28.1. The van der Waals surface area contributed by atoms with Gasteiger partial charge in [0.2, 0.25) is 0 Å². The molecule has 0 heterocycles. The van der Waals surface area contributed by atoms with Crippen LogP contribution in [0.4, 0.5) is 0 Å². The second kappa shape index (κ2) is 6.78. The monoisotopic (exact) mass is 239 g/mol. The fourth-order valence-corrected chi connectivity index (χ4v) is 3.47. The lowest BCUT2D eigenvalue weighted by Crippen LogP contribution is -2.39. The van der Waals surface area contributed by atoms with Crippen molar-refractivity contribution in [2.75, 3.05) is 6.54 Å². The Morgan fingerprint density at radius 3 is 2.06 bits per heavy atom. The quantitative estimate of drug-likeness (QED) is 0.738. The summed E-state index contributed by atoms with van der Waals surface area (Å²) in [5, 5.41) is 3.71. The summed E-state index contributed by atoms with van der Waals surface area (Å²) in [5.74, 6) is 1.89. The van der Waals surface area contributed by atoms with E-state index in [-0.39, 0.29) is 0 Å². The maximum absolute atomic E-state index is 3.71. The average Bonchev–Trinajstić information content (AvgIpc) is 2.28. The standard InChI is InChI=1S/C16H33N/c1-6-8-15(17-7-2)13-9-11-14(12-10-13)16(3,4)5/h13-15,17H,6-12H2,1-5H3. The summed E-state index contributed by atoms with van der Waals surface area (Å²) in [5.41, 5.74) is 0.517. The van der Waals surface area contributed by atoms with E-state index in [0.717, 1.165) is 24.4 Å². The predicted molar refractivity (Wildman–Crippen MR) is 77.3 cm³/mol. The van der Waals surface area contributed by atoms with Gasteiger partial charge in [0, 0.05) is 6.04 Å². The number of rotatable bonds is 5. The van der Waals surface area contributed by atoms with E-state index < -0.39 is 0 Å². The lowest BCUT2D eigenvalue weighted by Gasteiger charge is -2.39. The van der Waals surface area contributed by atoms with Gasteiger partial charge in [-0.05, 0) is 55.9 Å². The Morgan fingerprint density at radius 2 is 1.65 bits per heavy atom. The minimum Gasteiger partial charge on any atom is -0.314 e. The van der Waals surface area contributed by atoms with E-state index in [1.54, 1.807) is 0 Å². The summed E-state index contributed by atoms with van der Waals surface area (Å²) in [7, 11) is 0. The first kappa shape index (κ1) is 15.0. The summed E-state index contributed by atoms with van der Waals surface area (Å²) in [6.45, 7) is 12.9. The third-order valence-electron chi connectivity index (χ3n) is 4.63. The van der Waals surface area contributed by atoms with Crippen molar-refractivity contribution in [2.24, 2.45) is 17.3 Å². The molecule has 1 heteroatoms. The van der Waals surface area contributed by atoms with Gasteiger partial charge in [0.25, 0.3) is 0 Å². The van der Waals surface area contributed by atoms with E-state index in [1.807, 2.05) is 0 Å². The van der Waals surface area contributed by atoms with E-state index in [4.69, 9.17) is 0 Å². The van der Waals surface area contributed by atoms with E-state index in [9.17, 15) is 0 Å². The van der Waals surface area contributed by atoms with Gasteiger partial charge in [0.1, 0.15) is 0 Å². The number of nitrogens with one attached hydrogen (secondary N) is 1. The number of hydrogen-bond acceptors (Lipinski definition) is 1. The molecule has 0 aromatic carbocycles. The van der Waals surface area contributed by atoms with Gasteiger partial charge in [-0.2, -0.15) is 0 Å². The first-order valence-electron chi connectivity index (χ1n) is 7.72. The van der Waals surface area contributed by atoms with Crippen LogP contribution in [0.15, 0.2) is 0 Å². The van der Waals surface area contributed by atoms with Crippen molar-refractivity contribution >= 4 is 0 Å². The van der Waals surface area contributed by atoms with Crippen LogP contribution in [-0.2, 0) is 0 Å². The van der Waals surface area contributed by atoms with Crippen LogP contribution in [0.5, 0.6) is 0 Å². The average molecular weight is 239 g/mol. The number of hydrogen-bond donors (Lipinski definition) is 1. The van der Waals surface area contributed by atoms with Crippen molar-refractivity contribution < 1.29 is 0 Å². The van der Waals surface area contributed by atoms with Crippen LogP contribution in [0.2, 0.25) is 0 Å². The van der Waals surface area contributed by atoms with Gasteiger partial charge in [-0.1, -0.05) is 41.0 Å². The van der Waals surface area contributed by atoms with Gasteiger partial charge in [-0.3, -0.25) is 0 Å². The topological polar surface area (TPSA) is 12.0 Å². The Bertz CT molecular complexity index is 190. The van der Waals surface area contributed by atoms with E-state index in [2.05, 4.69) is 39.9 Å². The van der Waals surface area contributed by atoms with Crippen LogP contribution in [0, 0.1) is 17.3 Å². The van der Waals surface area contributed by atoms with Crippen LogP contribution in [0.25, 0.3) is 0 Å². The highest BCUT2D eigenvalue weighted by Crippen LogP contribution is 2.41. The van der Waals surface area contributed by atoms with Gasteiger partial charge in [-0.25, -0.2) is 0 Å². The molecule has 0 aliphatic heterocycles. The molecule has 0 aromatic rings. The van der Waals surface area contributed by atoms with Gasteiger partial charge in [0.15, 0.2) is 0 Å². The fraction of sp³-hybridized carbons (Fsp3) is 1.00. The van der Waals surface area contributed by atoms with Crippen LogP contribution in [0.1, 0.15) is 73.1 Å². The molecule has 0 saturated heterocycles. The molecule has 1 atom stereocenters. The van der Waals surface area contributed by atoms with Crippen molar-refractivity contribution in [2.45, 2.75) is 79.2 Å². The Morgan fingerprint density at radius 1 is 1.06 bits per heavy atom. The molecule has 102 valence electrons. The van der Waals surface area contributed by atoms with Crippen LogP contribution in [-0.4, -0.2) is 12.6 Å². The van der Waals surface area contributed by atoms with Crippen LogP contribution in [0.3, 0.4) is 0 Å². The molecule has 1 saturated carbocycles. The highest BCUT2D eigenvalue weighted by Gasteiger charge is 2.32. The van der Waals surface area contributed by atoms with E-state index in [1.165, 1.54) is 38.5 Å². The lowest BCUT2D eigenvalue weighted by atomic mass is 9.68. The molecule has 1 N–H and O–H groups in total. The van der Waals surface area contributed by atoms with Crippen LogP contribution < -0.4 is 5.32 Å². The summed E-state index contributed by atoms with van der Waals surface area (Å²) in [6, 6.07) is 0.783. The van der Waals surface area contributed by atoms with Gasteiger partial charge in [-0.15, -0.1) is 0 Å². The van der Waals surface area contributed by atoms with Crippen molar-refractivity contribution in [3.8, 4) is 0 Å². The molecule has 1 fully saturated rings. The zero-order chi connectivity index (χ0) is 12.9. The van der Waals surface area contributed by atoms with Crippen molar-refractivity contribution in [1.82, 2.24) is 5.32 Å². The third-order valence-corrected chi connectivity index (χ3v) is 4.63.